The molecule has 0 spiro atoms. The van der Waals surface area contributed by atoms with Gasteiger partial charge in [0.2, 0.25) is 23.6 Å². The lowest BCUT2D eigenvalue weighted by molar-refractivity contribution is -0.142. The maximum absolute atomic E-state index is 13.6. The van der Waals surface area contributed by atoms with E-state index in [1.54, 1.807) is 60.7 Å². The van der Waals surface area contributed by atoms with Gasteiger partial charge in [0.05, 0.1) is 12.2 Å². The predicted octanol–water partition coefficient (Wildman–Crippen LogP) is -0.845. The van der Waals surface area contributed by atoms with Crippen LogP contribution in [0.15, 0.2) is 60.7 Å². The Hall–Kier alpha value is -5.03. The highest BCUT2D eigenvalue weighted by molar-refractivity contribution is 7.90. The summed E-state index contributed by atoms with van der Waals surface area (Å²) in [5.41, 5.74) is 12.2. The van der Waals surface area contributed by atoms with Crippen LogP contribution in [0.3, 0.4) is 0 Å². The molecule has 2 aromatic carbocycles. The number of hydrogen-bond acceptors (Lipinski definition) is 10. The second-order valence-electron chi connectivity index (χ2n) is 11.3. The third kappa shape index (κ3) is 16.1. The normalized spacial score (nSPS) is 13.5. The van der Waals surface area contributed by atoms with Crippen molar-refractivity contribution < 1.29 is 47.0 Å². The average Bonchev–Trinajstić information content (AvgIpc) is 3.03. The van der Waals surface area contributed by atoms with Crippen LogP contribution in [0.2, 0.25) is 0 Å². The van der Waals surface area contributed by atoms with Crippen molar-refractivity contribution in [3.05, 3.63) is 71.8 Å². The van der Waals surface area contributed by atoms with Crippen molar-refractivity contribution in [1.82, 2.24) is 21.3 Å². The Morgan fingerprint density at radius 3 is 1.73 bits per heavy atom. The van der Waals surface area contributed by atoms with Crippen molar-refractivity contribution in [2.75, 3.05) is 25.2 Å². The molecule has 0 saturated heterocycles. The average molecular weight is 705 g/mol. The van der Waals surface area contributed by atoms with Crippen molar-refractivity contribution in [1.29, 1.82) is 0 Å². The third-order valence-electron chi connectivity index (χ3n) is 7.09. The summed E-state index contributed by atoms with van der Waals surface area (Å²) in [7, 11) is -3.42. The van der Waals surface area contributed by atoms with Crippen LogP contribution in [0.4, 0.5) is 4.79 Å². The Labute approximate surface area is 284 Å². The van der Waals surface area contributed by atoms with Crippen LogP contribution in [-0.2, 0) is 51.4 Å². The second kappa shape index (κ2) is 20.4. The third-order valence-corrected chi connectivity index (χ3v) is 8.00. The standard InChI is InChI=1S/C32H44N6O10S/c1-49(46,47)17-16-48-32(45)38-23(14-8-9-15-33)28(40)36-25(20-27(34)39)30(42)35-24(18-21-10-4-2-5-11-21)29(41)37-26(31(43)44)19-22-12-6-3-7-13-22/h2-7,10-13,23-26H,8-9,14-20,33H2,1H3,(H2,34,39)(H,35,42)(H,36,40)(H,37,41)(H,38,45)(H,43,44)/t23-,24-,25-,26-/m0/s1. The lowest BCUT2D eigenvalue weighted by Crippen LogP contribution is -2.59. The number of alkyl carbamates (subject to hydrolysis) is 1. The molecule has 0 aliphatic rings. The SMILES string of the molecule is CS(=O)(=O)CCOC(=O)N[C@@H](CCCCN)C(=O)N[C@@H](CC(N)=O)C(=O)N[C@@H](Cc1ccccc1)C(=O)N[C@@H](Cc1ccccc1)C(=O)O. The van der Waals surface area contributed by atoms with Crippen molar-refractivity contribution in [2.24, 2.45) is 11.5 Å². The Kier molecular flexibility index (Phi) is 16.7. The highest BCUT2D eigenvalue weighted by Gasteiger charge is 2.32. The molecule has 16 nitrogen and oxygen atoms in total. The van der Waals surface area contributed by atoms with Crippen molar-refractivity contribution >= 4 is 45.5 Å². The molecule has 2 rings (SSSR count). The van der Waals surface area contributed by atoms with E-state index in [0.29, 0.717) is 30.5 Å². The fourth-order valence-electron chi connectivity index (χ4n) is 4.57. The van der Waals surface area contributed by atoms with E-state index in [0.717, 1.165) is 6.26 Å². The molecule has 0 heterocycles. The molecular formula is C32H44N6O10S. The molecule has 49 heavy (non-hydrogen) atoms. The number of carboxylic acids is 1. The molecule has 0 saturated carbocycles. The second-order valence-corrected chi connectivity index (χ2v) is 13.6. The maximum atomic E-state index is 13.6. The van der Waals surface area contributed by atoms with E-state index in [1.165, 1.54) is 0 Å². The van der Waals surface area contributed by atoms with Gasteiger partial charge in [-0.25, -0.2) is 18.0 Å². The molecule has 2 aromatic rings. The number of sulfone groups is 1. The first kappa shape index (κ1) is 40.1. The first-order chi connectivity index (χ1) is 23.2. The molecule has 0 aliphatic carbocycles. The van der Waals surface area contributed by atoms with E-state index in [-0.39, 0.29) is 19.3 Å². The highest BCUT2D eigenvalue weighted by atomic mass is 32.2. The number of primary amides is 1. The quantitative estimate of drug-likeness (QED) is 0.0787. The molecular weight excluding hydrogens is 660 g/mol. The van der Waals surface area contributed by atoms with Crippen molar-refractivity contribution in [2.45, 2.75) is 62.7 Å². The number of rotatable bonds is 21. The van der Waals surface area contributed by atoms with E-state index in [1.807, 2.05) is 0 Å². The van der Waals surface area contributed by atoms with Gasteiger partial charge < -0.3 is 42.6 Å². The van der Waals surface area contributed by atoms with E-state index >= 15 is 0 Å². The van der Waals surface area contributed by atoms with Gasteiger partial charge in [0.15, 0.2) is 9.84 Å². The lowest BCUT2D eigenvalue weighted by atomic mass is 10.0. The minimum atomic E-state index is -3.42. The van der Waals surface area contributed by atoms with E-state index in [9.17, 15) is 42.3 Å². The van der Waals surface area contributed by atoms with Gasteiger partial charge >= 0.3 is 12.1 Å². The summed E-state index contributed by atoms with van der Waals surface area (Å²) < 4.78 is 27.6. The monoisotopic (exact) mass is 704 g/mol. The number of ether oxygens (including phenoxy) is 1. The first-order valence-corrected chi connectivity index (χ1v) is 17.6. The van der Waals surface area contributed by atoms with Gasteiger partial charge in [-0.3, -0.25) is 19.2 Å². The Bertz CT molecular complexity index is 1530. The van der Waals surface area contributed by atoms with Crippen LogP contribution < -0.4 is 32.7 Å². The van der Waals surface area contributed by atoms with Crippen LogP contribution >= 0.6 is 0 Å². The van der Waals surface area contributed by atoms with Crippen LogP contribution in [0.5, 0.6) is 0 Å². The number of nitrogens with one attached hydrogen (secondary N) is 4. The topological polar surface area (TPSA) is 266 Å². The molecule has 0 bridgehead atoms. The number of carboxylic acid groups (broad SMARTS) is 1. The van der Waals surface area contributed by atoms with E-state index < -0.39 is 88.5 Å². The Morgan fingerprint density at radius 2 is 1.22 bits per heavy atom. The zero-order valence-electron chi connectivity index (χ0n) is 27.1. The molecule has 9 N–H and O–H groups in total. The number of aliphatic carboxylic acids is 1. The predicted molar refractivity (Wildman–Crippen MR) is 178 cm³/mol. The minimum absolute atomic E-state index is 0.0382. The molecule has 0 aliphatic heterocycles. The molecule has 5 amide bonds. The summed E-state index contributed by atoms with van der Waals surface area (Å²) in [6, 6.07) is 11.6. The van der Waals surface area contributed by atoms with Gasteiger partial charge in [0.25, 0.3) is 0 Å². The first-order valence-electron chi connectivity index (χ1n) is 15.5. The van der Waals surface area contributed by atoms with Gasteiger partial charge in [-0.1, -0.05) is 60.7 Å². The summed E-state index contributed by atoms with van der Waals surface area (Å²) in [5, 5.41) is 19.5. The summed E-state index contributed by atoms with van der Waals surface area (Å²) in [5.74, 6) is -5.41. The fraction of sp³-hybridized carbons (Fsp3) is 0.438. The van der Waals surface area contributed by atoms with Gasteiger partial charge in [-0.2, -0.15) is 0 Å². The minimum Gasteiger partial charge on any atom is -0.480 e. The number of carbonyl (C=O) groups is 6. The number of benzene rings is 2. The van der Waals surface area contributed by atoms with Gasteiger partial charge in [-0.05, 0) is 36.9 Å². The summed E-state index contributed by atoms with van der Waals surface area (Å²) in [6.07, 6.45) is -0.0150. The Balaban J connectivity index is 2.26. The molecule has 0 radical (unpaired) electrons. The number of unbranched alkanes of at least 4 members (excludes halogenated alkanes) is 1. The van der Waals surface area contributed by atoms with Crippen LogP contribution in [-0.4, -0.2) is 98.5 Å². The largest absolute Gasteiger partial charge is 0.480 e. The number of nitrogens with two attached hydrogens (primary N) is 2. The highest BCUT2D eigenvalue weighted by Crippen LogP contribution is 2.09. The molecule has 0 unspecified atom stereocenters. The lowest BCUT2D eigenvalue weighted by Gasteiger charge is -2.26. The maximum Gasteiger partial charge on any atom is 0.407 e. The fourth-order valence-corrected chi connectivity index (χ4v) is 4.95. The van der Waals surface area contributed by atoms with Crippen molar-refractivity contribution in [3.8, 4) is 0 Å². The molecule has 268 valence electrons. The zero-order chi connectivity index (χ0) is 36.4. The van der Waals surface area contributed by atoms with Crippen LogP contribution in [0, 0.1) is 0 Å². The van der Waals surface area contributed by atoms with Crippen LogP contribution in [0.1, 0.15) is 36.8 Å². The number of hydrogen-bond donors (Lipinski definition) is 7. The molecule has 0 fully saturated rings. The number of amides is 5. The van der Waals surface area contributed by atoms with Gasteiger partial charge in [0, 0.05) is 19.1 Å². The summed E-state index contributed by atoms with van der Waals surface area (Å²) in [4.78, 5) is 76.7. The van der Waals surface area contributed by atoms with Gasteiger partial charge in [0.1, 0.15) is 30.8 Å². The molecule has 17 heteroatoms. The zero-order valence-corrected chi connectivity index (χ0v) is 27.9. The van der Waals surface area contributed by atoms with Crippen LogP contribution in [0.25, 0.3) is 0 Å². The Morgan fingerprint density at radius 1 is 0.735 bits per heavy atom. The molecule has 4 atom stereocenters. The van der Waals surface area contributed by atoms with E-state index in [4.69, 9.17) is 16.2 Å². The summed E-state index contributed by atoms with van der Waals surface area (Å²) in [6.45, 7) is -0.174. The summed E-state index contributed by atoms with van der Waals surface area (Å²) >= 11 is 0. The number of carbonyl (C=O) groups excluding carboxylic acids is 5. The van der Waals surface area contributed by atoms with Crippen molar-refractivity contribution in [3.63, 3.8) is 0 Å². The molecule has 0 aromatic heterocycles. The smallest absolute Gasteiger partial charge is 0.407 e. The van der Waals surface area contributed by atoms with Gasteiger partial charge in [-0.15, -0.1) is 0 Å². The van der Waals surface area contributed by atoms with E-state index in [2.05, 4.69) is 21.3 Å².